The Morgan fingerprint density at radius 3 is 0.905 bits per heavy atom. The Morgan fingerprint density at radius 2 is 0.607 bits per heavy atom. The molecule has 0 heterocycles. The highest BCUT2D eigenvalue weighted by Crippen LogP contribution is 2.45. The van der Waals surface area contributed by atoms with Gasteiger partial charge in [-0.1, -0.05) is 267 Å². The number of phosphoric ester groups is 2. The third-order valence-electron chi connectivity index (χ3n) is 15.2. The summed E-state index contributed by atoms with van der Waals surface area (Å²) in [5.41, 5.74) is 0. The molecule has 3 N–H and O–H groups in total. The van der Waals surface area contributed by atoms with Crippen molar-refractivity contribution in [3.63, 3.8) is 0 Å². The summed E-state index contributed by atoms with van der Waals surface area (Å²) in [6, 6.07) is 0. The van der Waals surface area contributed by atoms with Crippen LogP contribution in [0.3, 0.4) is 0 Å². The summed E-state index contributed by atoms with van der Waals surface area (Å²) >= 11 is 0. The lowest BCUT2D eigenvalue weighted by Crippen LogP contribution is -2.30. The van der Waals surface area contributed by atoms with Gasteiger partial charge in [0.05, 0.1) is 26.4 Å². The highest BCUT2D eigenvalue weighted by Gasteiger charge is 2.30. The van der Waals surface area contributed by atoms with Gasteiger partial charge >= 0.3 is 39.5 Å². The lowest BCUT2D eigenvalue weighted by molar-refractivity contribution is -0.161. The van der Waals surface area contributed by atoms with Gasteiger partial charge < -0.3 is 33.8 Å². The average molecular weight is 1240 g/mol. The zero-order chi connectivity index (χ0) is 62.4. The van der Waals surface area contributed by atoms with E-state index >= 15 is 0 Å². The minimum absolute atomic E-state index is 0.104. The van der Waals surface area contributed by atoms with E-state index in [0.29, 0.717) is 25.7 Å². The molecule has 0 radical (unpaired) electrons. The number of aliphatic hydroxyl groups excluding tert-OH is 1. The molecule has 6 atom stereocenters. The molecule has 3 unspecified atom stereocenters. The highest BCUT2D eigenvalue weighted by atomic mass is 31.2. The summed E-state index contributed by atoms with van der Waals surface area (Å²) in [5.74, 6) is 0.126. The molecule has 0 aliphatic heterocycles. The highest BCUT2D eigenvalue weighted by molar-refractivity contribution is 7.47. The number of hydrogen-bond acceptors (Lipinski definition) is 15. The van der Waals surface area contributed by atoms with Crippen molar-refractivity contribution in [2.45, 2.75) is 336 Å². The van der Waals surface area contributed by atoms with Crippen molar-refractivity contribution in [3.8, 4) is 0 Å². The standard InChI is InChI=1S/C65H126O17P2/c1-8-10-11-12-22-32-39-46-62(67)75-52-60(82-65(70)49-42-35-28-21-20-24-30-37-44-57(5)6)54-79-83(71,72)77-50-59(66)51-78-84(73,74)80-55-61(53-76-63(68)47-40-33-26-19-15-16-23-29-36-43-56(3)4)81-64(69)48-41-34-27-18-14-13-17-25-31-38-45-58(7)9-2/h56-61,66H,8-55H2,1-7H3,(H,71,72)(H,73,74)/t58?,59-,60+,61+/m0/s1. The number of aliphatic hydroxyl groups is 1. The van der Waals surface area contributed by atoms with Gasteiger partial charge in [-0.15, -0.1) is 0 Å². The fourth-order valence-electron chi connectivity index (χ4n) is 9.62. The van der Waals surface area contributed by atoms with Gasteiger partial charge in [0.25, 0.3) is 0 Å². The van der Waals surface area contributed by atoms with E-state index in [1.807, 2.05) is 0 Å². The molecule has 0 aliphatic carbocycles. The average Bonchev–Trinajstić information content (AvgIpc) is 3.51. The molecule has 0 bridgehead atoms. The third kappa shape index (κ3) is 57.8. The van der Waals surface area contributed by atoms with Gasteiger partial charge in [0.2, 0.25) is 0 Å². The van der Waals surface area contributed by atoms with Gasteiger partial charge in [-0.2, -0.15) is 0 Å². The van der Waals surface area contributed by atoms with Crippen molar-refractivity contribution in [1.29, 1.82) is 0 Å². The topological polar surface area (TPSA) is 237 Å². The van der Waals surface area contributed by atoms with E-state index in [1.165, 1.54) is 116 Å². The van der Waals surface area contributed by atoms with Crippen molar-refractivity contribution in [1.82, 2.24) is 0 Å². The van der Waals surface area contributed by atoms with E-state index < -0.39 is 97.5 Å². The molecule has 0 aromatic rings. The maximum Gasteiger partial charge on any atom is 0.472 e. The molecule has 19 heteroatoms. The lowest BCUT2D eigenvalue weighted by Gasteiger charge is -2.21. The molecule has 0 aliphatic rings. The van der Waals surface area contributed by atoms with E-state index in [4.69, 9.17) is 37.0 Å². The van der Waals surface area contributed by atoms with Gasteiger partial charge in [0.15, 0.2) is 12.2 Å². The maximum atomic E-state index is 13.0. The first kappa shape index (κ1) is 82.1. The van der Waals surface area contributed by atoms with Gasteiger partial charge in [-0.05, 0) is 43.4 Å². The van der Waals surface area contributed by atoms with Gasteiger partial charge in [-0.3, -0.25) is 37.3 Å². The van der Waals surface area contributed by atoms with Crippen molar-refractivity contribution < 1.29 is 80.2 Å². The Kier molecular flexibility index (Phi) is 55.0. The second-order valence-electron chi connectivity index (χ2n) is 24.7. The van der Waals surface area contributed by atoms with Crippen LogP contribution in [0.5, 0.6) is 0 Å². The minimum Gasteiger partial charge on any atom is -0.462 e. The molecule has 0 aromatic carbocycles. The quantitative estimate of drug-likeness (QED) is 0.0222. The van der Waals surface area contributed by atoms with Crippen LogP contribution in [0.15, 0.2) is 0 Å². The van der Waals surface area contributed by atoms with E-state index in [1.54, 1.807) is 0 Å². The predicted octanol–water partition coefficient (Wildman–Crippen LogP) is 17.9. The first-order valence-corrected chi connectivity index (χ1v) is 36.9. The van der Waals surface area contributed by atoms with Crippen LogP contribution in [0.1, 0.15) is 318 Å². The molecule has 0 saturated carbocycles. The largest absolute Gasteiger partial charge is 0.472 e. The molecule has 0 amide bonds. The van der Waals surface area contributed by atoms with E-state index in [2.05, 4.69) is 48.5 Å². The number of rotatable bonds is 63. The summed E-state index contributed by atoms with van der Waals surface area (Å²) in [6.45, 7) is 11.7. The molecule has 0 saturated heterocycles. The van der Waals surface area contributed by atoms with E-state index in [-0.39, 0.29) is 25.7 Å². The Bertz CT molecular complexity index is 1670. The zero-order valence-electron chi connectivity index (χ0n) is 54.4. The number of phosphoric acid groups is 2. The van der Waals surface area contributed by atoms with E-state index in [9.17, 15) is 43.2 Å². The van der Waals surface area contributed by atoms with Crippen molar-refractivity contribution in [2.24, 2.45) is 17.8 Å². The number of carbonyl (C=O) groups excluding carboxylic acids is 4. The summed E-state index contributed by atoms with van der Waals surface area (Å²) in [4.78, 5) is 72.2. The van der Waals surface area contributed by atoms with Crippen LogP contribution in [0.25, 0.3) is 0 Å². The number of ether oxygens (including phenoxy) is 4. The summed E-state index contributed by atoms with van der Waals surface area (Å²) in [7, 11) is -9.89. The predicted molar refractivity (Wildman–Crippen MR) is 335 cm³/mol. The molecule has 17 nitrogen and oxygen atoms in total. The third-order valence-corrected chi connectivity index (χ3v) is 17.1. The van der Waals surface area contributed by atoms with Crippen molar-refractivity contribution in [2.75, 3.05) is 39.6 Å². The second-order valence-corrected chi connectivity index (χ2v) is 27.6. The normalized spacial score (nSPS) is 14.7. The van der Waals surface area contributed by atoms with Gasteiger partial charge in [-0.25, -0.2) is 9.13 Å². The van der Waals surface area contributed by atoms with Crippen LogP contribution in [-0.2, 0) is 65.4 Å². The van der Waals surface area contributed by atoms with Crippen molar-refractivity contribution in [3.05, 3.63) is 0 Å². The fraction of sp³-hybridized carbons (Fsp3) is 0.938. The number of carbonyl (C=O) groups is 4. The van der Waals surface area contributed by atoms with Crippen LogP contribution in [0, 0.1) is 17.8 Å². The van der Waals surface area contributed by atoms with Crippen molar-refractivity contribution >= 4 is 39.5 Å². The second kappa shape index (κ2) is 56.3. The van der Waals surface area contributed by atoms with E-state index in [0.717, 1.165) is 120 Å². The first-order chi connectivity index (χ1) is 40.3. The molecule has 0 fully saturated rings. The summed E-state index contributed by atoms with van der Waals surface area (Å²) in [6.07, 6.45) is 37.6. The summed E-state index contributed by atoms with van der Waals surface area (Å²) < 4.78 is 68.0. The Morgan fingerprint density at radius 1 is 0.345 bits per heavy atom. The molecule has 498 valence electrons. The summed E-state index contributed by atoms with van der Waals surface area (Å²) in [5, 5.41) is 10.5. The Hall–Kier alpha value is -1.94. The molecule has 0 aromatic heterocycles. The van der Waals surface area contributed by atoms with Crippen LogP contribution < -0.4 is 0 Å². The van der Waals surface area contributed by atoms with Gasteiger partial charge in [0, 0.05) is 25.7 Å². The van der Waals surface area contributed by atoms with Crippen LogP contribution in [-0.4, -0.2) is 96.7 Å². The van der Waals surface area contributed by atoms with Crippen LogP contribution in [0.4, 0.5) is 0 Å². The molecular formula is C65H126O17P2. The number of esters is 4. The SMILES string of the molecule is CCCCCCCCCC(=O)OC[C@H](COP(=O)(O)OC[C@H](O)COP(=O)(O)OC[C@@H](COC(=O)CCCCCCCCCCCC(C)C)OC(=O)CCCCCCCCCCCCC(C)CC)OC(=O)CCCCCCCCCCC(C)C. The first-order valence-electron chi connectivity index (χ1n) is 33.9. The lowest BCUT2D eigenvalue weighted by atomic mass is 9.99. The smallest absolute Gasteiger partial charge is 0.462 e. The molecule has 0 rings (SSSR count). The molecule has 0 spiro atoms. The number of unbranched alkanes of at least 4 members (excludes halogenated alkanes) is 30. The Labute approximate surface area is 511 Å². The molecule has 84 heavy (non-hydrogen) atoms. The minimum atomic E-state index is -4.95. The monoisotopic (exact) mass is 1240 g/mol. The Balaban J connectivity index is 5.23. The number of hydrogen-bond donors (Lipinski definition) is 3. The van der Waals surface area contributed by atoms with Crippen LogP contribution >= 0.6 is 15.6 Å². The molecular weight excluding hydrogens is 1110 g/mol. The van der Waals surface area contributed by atoms with Gasteiger partial charge in [0.1, 0.15) is 19.3 Å². The van der Waals surface area contributed by atoms with Crippen LogP contribution in [0.2, 0.25) is 0 Å². The maximum absolute atomic E-state index is 13.0. The fourth-order valence-corrected chi connectivity index (χ4v) is 11.2. The zero-order valence-corrected chi connectivity index (χ0v) is 56.1.